The lowest BCUT2D eigenvalue weighted by molar-refractivity contribution is 0.0691. The van der Waals surface area contributed by atoms with Crippen LogP contribution < -0.4 is 10.7 Å². The number of urea groups is 1. The summed E-state index contributed by atoms with van der Waals surface area (Å²) in [5.74, 6) is -1.17. The number of piperidine rings is 1. The number of anilines is 1. The van der Waals surface area contributed by atoms with Crippen molar-refractivity contribution in [3.63, 3.8) is 0 Å². The van der Waals surface area contributed by atoms with E-state index < -0.39 is 12.0 Å². The number of carboxylic acids is 1. The Kier molecular flexibility index (Phi) is 4.30. The number of hydrogen-bond donors (Lipinski definition) is 3. The van der Waals surface area contributed by atoms with E-state index in [-0.39, 0.29) is 11.4 Å². The summed E-state index contributed by atoms with van der Waals surface area (Å²) in [5.41, 5.74) is 2.71. The van der Waals surface area contributed by atoms with Gasteiger partial charge in [-0.2, -0.15) is 0 Å². The number of carboxylic acid groups (broad SMARTS) is 1. The van der Waals surface area contributed by atoms with Crippen molar-refractivity contribution >= 4 is 17.7 Å². The number of pyridine rings is 1. The van der Waals surface area contributed by atoms with E-state index in [9.17, 15) is 9.59 Å². The van der Waals surface area contributed by atoms with Crippen LogP contribution in [0.25, 0.3) is 0 Å². The van der Waals surface area contributed by atoms with Crippen LogP contribution in [0.4, 0.5) is 10.5 Å². The lowest BCUT2D eigenvalue weighted by Gasteiger charge is -2.26. The van der Waals surface area contributed by atoms with Crippen LogP contribution in [0, 0.1) is 0 Å². The molecule has 0 saturated carbocycles. The Morgan fingerprint density at radius 3 is 2.68 bits per heavy atom. The first-order chi connectivity index (χ1) is 9.16. The lowest BCUT2D eigenvalue weighted by atomic mass is 10.2. The number of aromatic carboxylic acids is 1. The van der Waals surface area contributed by atoms with Crippen LogP contribution in [0.5, 0.6) is 0 Å². The van der Waals surface area contributed by atoms with Crippen molar-refractivity contribution in [1.29, 1.82) is 0 Å². The van der Waals surface area contributed by atoms with Gasteiger partial charge in [0.2, 0.25) is 0 Å². The van der Waals surface area contributed by atoms with Gasteiger partial charge in [0, 0.05) is 19.3 Å². The van der Waals surface area contributed by atoms with Gasteiger partial charge >= 0.3 is 12.0 Å². The van der Waals surface area contributed by atoms with Gasteiger partial charge in [0.05, 0.1) is 5.69 Å². The molecule has 2 heterocycles. The third kappa shape index (κ3) is 3.65. The normalized spacial score (nSPS) is 15.8. The SMILES string of the molecule is O=C(Nc1cccnc1C(=O)O)NN1CCCCC1. The molecule has 2 rings (SSSR count). The minimum atomic E-state index is -1.17. The summed E-state index contributed by atoms with van der Waals surface area (Å²) in [6.45, 7) is 1.62. The fourth-order valence-corrected chi connectivity index (χ4v) is 1.98. The van der Waals surface area contributed by atoms with Crippen LogP contribution in [-0.2, 0) is 0 Å². The van der Waals surface area contributed by atoms with Gasteiger partial charge in [0.25, 0.3) is 0 Å². The van der Waals surface area contributed by atoms with E-state index in [1.807, 2.05) is 5.01 Å². The minimum Gasteiger partial charge on any atom is -0.476 e. The van der Waals surface area contributed by atoms with E-state index in [4.69, 9.17) is 5.11 Å². The molecule has 1 saturated heterocycles. The third-order valence-electron chi connectivity index (χ3n) is 2.87. The van der Waals surface area contributed by atoms with Crippen molar-refractivity contribution < 1.29 is 14.7 Å². The van der Waals surface area contributed by atoms with Crippen molar-refractivity contribution in [1.82, 2.24) is 15.4 Å². The first-order valence-electron chi connectivity index (χ1n) is 6.18. The summed E-state index contributed by atoms with van der Waals surface area (Å²) in [5, 5.41) is 13.3. The first kappa shape index (κ1) is 13.3. The zero-order chi connectivity index (χ0) is 13.7. The molecule has 0 atom stereocenters. The molecule has 7 nitrogen and oxygen atoms in total. The van der Waals surface area contributed by atoms with E-state index >= 15 is 0 Å². The molecule has 1 fully saturated rings. The van der Waals surface area contributed by atoms with Crippen LogP contribution in [0.2, 0.25) is 0 Å². The van der Waals surface area contributed by atoms with Crippen LogP contribution in [0.1, 0.15) is 29.8 Å². The Morgan fingerprint density at radius 2 is 2.00 bits per heavy atom. The Balaban J connectivity index is 1.96. The van der Waals surface area contributed by atoms with Gasteiger partial charge in [-0.1, -0.05) is 6.42 Å². The predicted octanol–water partition coefficient (Wildman–Crippen LogP) is 1.30. The van der Waals surface area contributed by atoms with Crippen molar-refractivity contribution in [2.24, 2.45) is 0 Å². The second-order valence-corrected chi connectivity index (χ2v) is 4.32. The van der Waals surface area contributed by atoms with Crippen molar-refractivity contribution in [2.45, 2.75) is 19.3 Å². The maximum absolute atomic E-state index is 11.8. The molecule has 19 heavy (non-hydrogen) atoms. The molecule has 0 bridgehead atoms. The Morgan fingerprint density at radius 1 is 1.26 bits per heavy atom. The molecule has 0 radical (unpaired) electrons. The zero-order valence-corrected chi connectivity index (χ0v) is 10.4. The van der Waals surface area contributed by atoms with Gasteiger partial charge in [-0.05, 0) is 25.0 Å². The Hall–Kier alpha value is -2.15. The van der Waals surface area contributed by atoms with Gasteiger partial charge in [-0.15, -0.1) is 0 Å². The third-order valence-corrected chi connectivity index (χ3v) is 2.87. The molecule has 7 heteroatoms. The topological polar surface area (TPSA) is 94.6 Å². The minimum absolute atomic E-state index is 0.170. The molecule has 1 aromatic rings. The summed E-state index contributed by atoms with van der Waals surface area (Å²) >= 11 is 0. The second-order valence-electron chi connectivity index (χ2n) is 4.32. The molecule has 0 aromatic carbocycles. The summed E-state index contributed by atoms with van der Waals surface area (Å²) in [6, 6.07) is 2.63. The van der Waals surface area contributed by atoms with E-state index in [2.05, 4.69) is 15.7 Å². The van der Waals surface area contributed by atoms with Crippen LogP contribution in [-0.4, -0.2) is 40.2 Å². The number of nitrogens with one attached hydrogen (secondary N) is 2. The Bertz CT molecular complexity index is 472. The Labute approximate surface area is 110 Å². The number of rotatable bonds is 3. The highest BCUT2D eigenvalue weighted by Gasteiger charge is 2.16. The van der Waals surface area contributed by atoms with Gasteiger partial charge < -0.3 is 10.4 Å². The molecule has 1 aliphatic heterocycles. The number of hydrogen-bond acceptors (Lipinski definition) is 4. The number of aromatic nitrogens is 1. The van der Waals surface area contributed by atoms with Crippen molar-refractivity contribution in [2.75, 3.05) is 18.4 Å². The largest absolute Gasteiger partial charge is 0.476 e. The van der Waals surface area contributed by atoms with Crippen molar-refractivity contribution in [3.8, 4) is 0 Å². The first-order valence-corrected chi connectivity index (χ1v) is 6.18. The summed E-state index contributed by atoms with van der Waals surface area (Å²) in [6.07, 6.45) is 4.64. The molecule has 0 spiro atoms. The van der Waals surface area contributed by atoms with E-state index in [1.165, 1.54) is 18.7 Å². The second kappa shape index (κ2) is 6.14. The van der Waals surface area contributed by atoms with Gasteiger partial charge in [-0.25, -0.2) is 19.6 Å². The fourth-order valence-electron chi connectivity index (χ4n) is 1.98. The number of nitrogens with zero attached hydrogens (tertiary/aromatic N) is 2. The maximum Gasteiger partial charge on any atom is 0.356 e. The maximum atomic E-state index is 11.8. The highest BCUT2D eigenvalue weighted by Crippen LogP contribution is 2.12. The summed E-state index contributed by atoms with van der Waals surface area (Å²) in [4.78, 5) is 26.4. The van der Waals surface area contributed by atoms with Crippen LogP contribution in [0.15, 0.2) is 18.3 Å². The smallest absolute Gasteiger partial charge is 0.356 e. The molecule has 0 aliphatic carbocycles. The molecule has 1 aliphatic rings. The lowest BCUT2D eigenvalue weighted by Crippen LogP contribution is -2.46. The van der Waals surface area contributed by atoms with Crippen molar-refractivity contribution in [3.05, 3.63) is 24.0 Å². The fraction of sp³-hybridized carbons (Fsp3) is 0.417. The number of carbonyl (C=O) groups excluding carboxylic acids is 1. The molecule has 2 amide bonds. The molecular weight excluding hydrogens is 248 g/mol. The monoisotopic (exact) mass is 264 g/mol. The van der Waals surface area contributed by atoms with Crippen LogP contribution in [0.3, 0.4) is 0 Å². The zero-order valence-electron chi connectivity index (χ0n) is 10.4. The summed E-state index contributed by atoms with van der Waals surface area (Å²) in [7, 11) is 0. The molecular formula is C12H16N4O3. The van der Waals surface area contributed by atoms with Gasteiger partial charge in [0.15, 0.2) is 5.69 Å². The predicted molar refractivity (Wildman–Crippen MR) is 68.8 cm³/mol. The number of hydrazine groups is 1. The standard InChI is InChI=1S/C12H16N4O3/c17-11(18)10-9(5-4-6-13-10)14-12(19)15-16-7-2-1-3-8-16/h4-6H,1-3,7-8H2,(H,17,18)(H2,14,15,19). The number of amides is 2. The van der Waals surface area contributed by atoms with Gasteiger partial charge in [-0.3, -0.25) is 5.43 Å². The number of carbonyl (C=O) groups is 2. The molecule has 0 unspecified atom stereocenters. The molecule has 3 N–H and O–H groups in total. The average molecular weight is 264 g/mol. The quantitative estimate of drug-likeness (QED) is 0.765. The highest BCUT2D eigenvalue weighted by atomic mass is 16.4. The average Bonchev–Trinajstić information content (AvgIpc) is 2.40. The molecule has 102 valence electrons. The summed E-state index contributed by atoms with van der Waals surface area (Å²) < 4.78 is 0. The highest BCUT2D eigenvalue weighted by molar-refractivity contribution is 5.98. The van der Waals surface area contributed by atoms with E-state index in [1.54, 1.807) is 6.07 Å². The van der Waals surface area contributed by atoms with E-state index in [0.29, 0.717) is 0 Å². The molecule has 1 aromatic heterocycles. The van der Waals surface area contributed by atoms with Gasteiger partial charge in [0.1, 0.15) is 0 Å². The van der Waals surface area contributed by atoms with E-state index in [0.717, 1.165) is 25.9 Å². The van der Waals surface area contributed by atoms with Crippen LogP contribution >= 0.6 is 0 Å².